The van der Waals surface area contributed by atoms with E-state index in [2.05, 4.69) is 20.5 Å². The lowest BCUT2D eigenvalue weighted by Crippen LogP contribution is -2.43. The molecule has 2 heterocycles. The van der Waals surface area contributed by atoms with Gasteiger partial charge in [-0.3, -0.25) is 4.79 Å². The highest BCUT2D eigenvalue weighted by Crippen LogP contribution is 2.31. The van der Waals surface area contributed by atoms with Gasteiger partial charge in [-0.05, 0) is 24.3 Å². The van der Waals surface area contributed by atoms with Crippen molar-refractivity contribution in [2.75, 3.05) is 42.1 Å². The van der Waals surface area contributed by atoms with Crippen molar-refractivity contribution in [3.8, 4) is 0 Å². The van der Waals surface area contributed by atoms with Gasteiger partial charge in [0.15, 0.2) is 5.13 Å². The minimum atomic E-state index is -1.29. The summed E-state index contributed by atoms with van der Waals surface area (Å²) in [5.74, 6) is -4.83. The Morgan fingerprint density at radius 3 is 2.37 bits per heavy atom. The number of ketones is 1. The number of aromatic nitrogens is 1. The number of piperazine rings is 1. The highest BCUT2D eigenvalue weighted by Gasteiger charge is 2.25. The number of benzene rings is 2. The zero-order chi connectivity index (χ0) is 21.3. The van der Waals surface area contributed by atoms with Crippen LogP contribution in [-0.4, -0.2) is 36.9 Å². The van der Waals surface area contributed by atoms with Crippen LogP contribution in [0.15, 0.2) is 36.4 Å². The van der Waals surface area contributed by atoms with Crippen molar-refractivity contribution < 1.29 is 18.0 Å². The number of hydrogen-bond acceptors (Lipinski definition) is 7. The molecule has 30 heavy (non-hydrogen) atoms. The van der Waals surface area contributed by atoms with Crippen LogP contribution in [0.2, 0.25) is 0 Å². The molecule has 3 aromatic rings. The summed E-state index contributed by atoms with van der Waals surface area (Å²) in [4.78, 5) is 18.8. The first kappa shape index (κ1) is 20.2. The summed E-state index contributed by atoms with van der Waals surface area (Å²) in [6.07, 6.45) is 0. The van der Waals surface area contributed by atoms with Crippen molar-refractivity contribution >= 4 is 39.4 Å². The maximum absolute atomic E-state index is 13.9. The Labute approximate surface area is 174 Å². The predicted octanol–water partition coefficient (Wildman–Crippen LogP) is 3.53. The Hall–Kier alpha value is -3.11. The van der Waals surface area contributed by atoms with Gasteiger partial charge in [0, 0.05) is 49.7 Å². The van der Waals surface area contributed by atoms with E-state index < -0.39 is 28.8 Å². The van der Waals surface area contributed by atoms with Gasteiger partial charge in [-0.2, -0.15) is 0 Å². The van der Waals surface area contributed by atoms with Gasteiger partial charge in [-0.25, -0.2) is 18.2 Å². The molecule has 4 N–H and O–H groups in total. The van der Waals surface area contributed by atoms with E-state index in [1.807, 2.05) is 24.3 Å². The van der Waals surface area contributed by atoms with E-state index in [0.717, 1.165) is 48.9 Å². The fraction of sp³-hybridized carbons (Fsp3) is 0.200. The largest absolute Gasteiger partial charge is 0.382 e. The van der Waals surface area contributed by atoms with Crippen LogP contribution >= 0.6 is 11.3 Å². The highest BCUT2D eigenvalue weighted by molar-refractivity contribution is 7.18. The molecule has 6 nitrogen and oxygen atoms in total. The second-order valence-electron chi connectivity index (χ2n) is 6.72. The van der Waals surface area contributed by atoms with Crippen molar-refractivity contribution in [1.82, 2.24) is 10.3 Å². The molecule has 0 amide bonds. The minimum Gasteiger partial charge on any atom is -0.382 e. The molecule has 0 bridgehead atoms. The molecule has 4 rings (SSSR count). The maximum Gasteiger partial charge on any atom is 0.212 e. The number of nitrogens with two attached hydrogens (primary N) is 1. The molecule has 1 aromatic heterocycles. The summed E-state index contributed by atoms with van der Waals surface area (Å²) in [6, 6.07) is 8.59. The Morgan fingerprint density at radius 2 is 1.73 bits per heavy atom. The average Bonchev–Trinajstić information content (AvgIpc) is 3.08. The topological polar surface area (TPSA) is 83.3 Å². The van der Waals surface area contributed by atoms with Gasteiger partial charge in [-0.15, -0.1) is 0 Å². The summed E-state index contributed by atoms with van der Waals surface area (Å²) in [5, 5.41) is 6.64. The lowest BCUT2D eigenvalue weighted by Gasteiger charge is -2.29. The molecule has 10 heteroatoms. The van der Waals surface area contributed by atoms with Gasteiger partial charge in [0.1, 0.15) is 28.1 Å². The number of carbonyl (C=O) groups is 1. The van der Waals surface area contributed by atoms with Gasteiger partial charge in [-0.1, -0.05) is 11.3 Å². The predicted molar refractivity (Wildman–Crippen MR) is 111 cm³/mol. The van der Waals surface area contributed by atoms with E-state index in [0.29, 0.717) is 17.3 Å². The molecule has 0 unspecified atom stereocenters. The molecule has 156 valence electrons. The number of rotatable bonds is 5. The number of hydrogen-bond donors (Lipinski definition) is 3. The van der Waals surface area contributed by atoms with E-state index in [9.17, 15) is 18.0 Å². The van der Waals surface area contributed by atoms with E-state index in [1.54, 1.807) is 0 Å². The zero-order valence-electron chi connectivity index (χ0n) is 15.7. The molecule has 0 atom stereocenters. The Balaban J connectivity index is 1.52. The first-order chi connectivity index (χ1) is 14.4. The van der Waals surface area contributed by atoms with Gasteiger partial charge in [0.25, 0.3) is 0 Å². The number of halogens is 3. The van der Waals surface area contributed by atoms with Gasteiger partial charge in [0.2, 0.25) is 5.78 Å². The SMILES string of the molecule is Nc1nc(Nc2ccc(N3CCNCC3)cc2)sc1C(=O)c1c(F)cc(F)cc1F. The fourth-order valence-corrected chi connectivity index (χ4v) is 4.07. The molecule has 0 aliphatic carbocycles. The maximum atomic E-state index is 13.9. The smallest absolute Gasteiger partial charge is 0.212 e. The normalized spacial score (nSPS) is 14.0. The van der Waals surface area contributed by atoms with Gasteiger partial charge in [0.05, 0.1) is 5.56 Å². The molecular weight excluding hydrogens is 415 g/mol. The molecule has 2 aromatic carbocycles. The first-order valence-electron chi connectivity index (χ1n) is 9.20. The summed E-state index contributed by atoms with van der Waals surface area (Å²) < 4.78 is 41.0. The first-order valence-corrected chi connectivity index (χ1v) is 10.0. The van der Waals surface area contributed by atoms with Crippen molar-refractivity contribution in [3.05, 3.63) is 64.3 Å². The molecule has 1 saturated heterocycles. The molecule has 0 saturated carbocycles. The molecule has 1 aliphatic rings. The van der Waals surface area contributed by atoms with E-state index in [-0.39, 0.29) is 10.7 Å². The van der Waals surface area contributed by atoms with Crippen molar-refractivity contribution in [3.63, 3.8) is 0 Å². The van der Waals surface area contributed by atoms with Crippen LogP contribution in [0.1, 0.15) is 15.2 Å². The Bertz CT molecular complexity index is 1060. The number of nitrogens with one attached hydrogen (secondary N) is 2. The fourth-order valence-electron chi connectivity index (χ4n) is 3.22. The third kappa shape index (κ3) is 4.10. The molecule has 0 spiro atoms. The lowest BCUT2D eigenvalue weighted by atomic mass is 10.1. The Kier molecular flexibility index (Phi) is 5.60. The number of carbonyl (C=O) groups excluding carboxylic acids is 1. The summed E-state index contributed by atoms with van der Waals surface area (Å²) >= 11 is 0.869. The quantitative estimate of drug-likeness (QED) is 0.534. The van der Waals surface area contributed by atoms with Crippen LogP contribution in [0, 0.1) is 17.5 Å². The van der Waals surface area contributed by atoms with Crippen LogP contribution in [0.4, 0.5) is 35.5 Å². The summed E-state index contributed by atoms with van der Waals surface area (Å²) in [6.45, 7) is 3.73. The molecule has 1 fully saturated rings. The van der Waals surface area contributed by atoms with Gasteiger partial charge >= 0.3 is 0 Å². The minimum absolute atomic E-state index is 0.126. The van der Waals surface area contributed by atoms with Crippen LogP contribution < -0.4 is 21.3 Å². The second-order valence-corrected chi connectivity index (χ2v) is 7.71. The van der Waals surface area contributed by atoms with E-state index in [1.165, 1.54) is 0 Å². The van der Waals surface area contributed by atoms with Crippen molar-refractivity contribution in [2.45, 2.75) is 0 Å². The number of nitrogen functional groups attached to an aromatic ring is 1. The number of anilines is 4. The third-order valence-corrected chi connectivity index (χ3v) is 5.68. The molecular formula is C20H18F3N5OS. The van der Waals surface area contributed by atoms with Crippen LogP contribution in [0.3, 0.4) is 0 Å². The average molecular weight is 433 g/mol. The Morgan fingerprint density at radius 1 is 1.10 bits per heavy atom. The monoisotopic (exact) mass is 433 g/mol. The number of nitrogens with zero attached hydrogens (tertiary/aromatic N) is 2. The second kappa shape index (κ2) is 8.33. The lowest BCUT2D eigenvalue weighted by molar-refractivity contribution is 0.103. The summed E-state index contributed by atoms with van der Waals surface area (Å²) in [5.41, 5.74) is 6.75. The number of thiazole rings is 1. The van der Waals surface area contributed by atoms with Gasteiger partial charge < -0.3 is 21.3 Å². The standard InChI is InChI=1S/C20H18F3N5OS/c21-11-9-14(22)16(15(23)10-11)17(29)18-19(24)27-20(30-18)26-12-1-3-13(4-2-12)28-7-5-25-6-8-28/h1-4,9-10,25H,5-8,24H2,(H,26,27). The van der Waals surface area contributed by atoms with Crippen molar-refractivity contribution in [1.29, 1.82) is 0 Å². The molecule has 0 radical (unpaired) electrons. The van der Waals surface area contributed by atoms with Crippen LogP contribution in [0.5, 0.6) is 0 Å². The zero-order valence-corrected chi connectivity index (χ0v) is 16.5. The van der Waals surface area contributed by atoms with Crippen molar-refractivity contribution in [2.24, 2.45) is 0 Å². The van der Waals surface area contributed by atoms with E-state index in [4.69, 9.17) is 5.73 Å². The van der Waals surface area contributed by atoms with Crippen LogP contribution in [0.25, 0.3) is 0 Å². The van der Waals surface area contributed by atoms with Crippen LogP contribution in [-0.2, 0) is 0 Å². The highest BCUT2D eigenvalue weighted by atomic mass is 32.1. The summed E-state index contributed by atoms with van der Waals surface area (Å²) in [7, 11) is 0. The third-order valence-electron chi connectivity index (χ3n) is 4.69. The molecule has 1 aliphatic heterocycles. The van der Waals surface area contributed by atoms with E-state index >= 15 is 0 Å².